The van der Waals surface area contributed by atoms with Crippen LogP contribution in [0.5, 0.6) is 0 Å². The fourth-order valence-electron chi connectivity index (χ4n) is 3.62. The normalized spacial score (nSPS) is 17.6. The highest BCUT2D eigenvalue weighted by atomic mass is 35.5. The molecule has 1 aromatic carbocycles. The second-order valence-corrected chi connectivity index (χ2v) is 7.27. The van der Waals surface area contributed by atoms with Crippen molar-refractivity contribution in [1.82, 2.24) is 14.8 Å². The number of fused-ring (bicyclic) bond motifs is 1. The molecule has 7 nitrogen and oxygen atoms in total. The lowest BCUT2D eigenvalue weighted by Gasteiger charge is -2.28. The van der Waals surface area contributed by atoms with Crippen LogP contribution in [0.15, 0.2) is 24.3 Å². The van der Waals surface area contributed by atoms with Gasteiger partial charge in [-0.15, -0.1) is 0 Å². The SMILES string of the molecule is CC(=O)N(CC(=O)O)C1CCCN(C(=O)c2cc3ccc(Cl)cc3[nH]2)CC1. The number of carbonyl (C=O) groups excluding carboxylic acids is 2. The monoisotopic (exact) mass is 391 g/mol. The molecule has 2 heterocycles. The van der Waals surface area contributed by atoms with Crippen molar-refractivity contribution in [1.29, 1.82) is 0 Å². The molecule has 3 rings (SSSR count). The Labute approximate surface area is 161 Å². The number of hydrogen-bond donors (Lipinski definition) is 2. The number of nitrogens with zero attached hydrogens (tertiary/aromatic N) is 2. The van der Waals surface area contributed by atoms with Gasteiger partial charge in [0, 0.05) is 42.0 Å². The van der Waals surface area contributed by atoms with E-state index in [0.717, 1.165) is 10.9 Å². The van der Waals surface area contributed by atoms with Gasteiger partial charge in [-0.2, -0.15) is 0 Å². The first-order valence-corrected chi connectivity index (χ1v) is 9.29. The van der Waals surface area contributed by atoms with Gasteiger partial charge in [-0.05, 0) is 37.5 Å². The number of carboxylic acid groups (broad SMARTS) is 1. The highest BCUT2D eigenvalue weighted by Gasteiger charge is 2.28. The van der Waals surface area contributed by atoms with Crippen molar-refractivity contribution < 1.29 is 19.5 Å². The van der Waals surface area contributed by atoms with Crippen LogP contribution >= 0.6 is 11.6 Å². The van der Waals surface area contributed by atoms with E-state index in [4.69, 9.17) is 16.7 Å². The van der Waals surface area contributed by atoms with Crippen molar-refractivity contribution in [2.75, 3.05) is 19.6 Å². The third kappa shape index (κ3) is 4.42. The van der Waals surface area contributed by atoms with E-state index in [0.29, 0.717) is 43.1 Å². The topological polar surface area (TPSA) is 93.7 Å². The average Bonchev–Trinajstić information content (AvgIpc) is 2.87. The number of halogens is 1. The number of aliphatic carboxylic acids is 1. The maximum absolute atomic E-state index is 12.9. The molecule has 2 N–H and O–H groups in total. The molecule has 8 heteroatoms. The fourth-order valence-corrected chi connectivity index (χ4v) is 3.79. The minimum absolute atomic E-state index is 0.101. The Kier molecular flexibility index (Phi) is 5.70. The van der Waals surface area contributed by atoms with E-state index < -0.39 is 5.97 Å². The predicted molar refractivity (Wildman–Crippen MR) is 102 cm³/mol. The molecule has 0 spiro atoms. The lowest BCUT2D eigenvalue weighted by molar-refractivity contribution is -0.145. The summed E-state index contributed by atoms with van der Waals surface area (Å²) in [5.74, 6) is -1.38. The van der Waals surface area contributed by atoms with Gasteiger partial charge in [-0.25, -0.2) is 0 Å². The van der Waals surface area contributed by atoms with Gasteiger partial charge in [0.05, 0.1) is 0 Å². The minimum atomic E-state index is -1.03. The molecule has 2 aromatic rings. The van der Waals surface area contributed by atoms with Crippen molar-refractivity contribution in [3.8, 4) is 0 Å². The van der Waals surface area contributed by atoms with E-state index in [9.17, 15) is 14.4 Å². The highest BCUT2D eigenvalue weighted by molar-refractivity contribution is 6.31. The molecule has 1 aliphatic rings. The largest absolute Gasteiger partial charge is 0.480 e. The lowest BCUT2D eigenvalue weighted by Crippen LogP contribution is -2.43. The number of H-pyrrole nitrogens is 1. The maximum atomic E-state index is 12.9. The summed E-state index contributed by atoms with van der Waals surface area (Å²) in [7, 11) is 0. The van der Waals surface area contributed by atoms with Gasteiger partial charge >= 0.3 is 5.97 Å². The number of hydrogen-bond acceptors (Lipinski definition) is 3. The first-order valence-electron chi connectivity index (χ1n) is 8.91. The smallest absolute Gasteiger partial charge is 0.323 e. The first-order chi connectivity index (χ1) is 12.8. The summed E-state index contributed by atoms with van der Waals surface area (Å²) in [6, 6.07) is 7.06. The quantitative estimate of drug-likeness (QED) is 0.837. The van der Waals surface area contributed by atoms with Crippen LogP contribution in [-0.2, 0) is 9.59 Å². The molecular weight excluding hydrogens is 370 g/mol. The molecule has 27 heavy (non-hydrogen) atoms. The summed E-state index contributed by atoms with van der Waals surface area (Å²) in [4.78, 5) is 42.0. The van der Waals surface area contributed by atoms with Crippen LogP contribution in [0, 0.1) is 0 Å². The molecule has 0 bridgehead atoms. The molecular formula is C19H22ClN3O4. The van der Waals surface area contributed by atoms with Gasteiger partial charge in [-0.1, -0.05) is 17.7 Å². The Morgan fingerprint density at radius 2 is 2.04 bits per heavy atom. The zero-order valence-electron chi connectivity index (χ0n) is 15.1. The number of amides is 2. The van der Waals surface area contributed by atoms with Gasteiger partial charge in [0.2, 0.25) is 5.91 Å². The lowest BCUT2D eigenvalue weighted by atomic mass is 10.1. The summed E-state index contributed by atoms with van der Waals surface area (Å²) in [6.45, 7) is 2.12. The summed E-state index contributed by atoms with van der Waals surface area (Å²) in [5, 5.41) is 10.6. The third-order valence-electron chi connectivity index (χ3n) is 4.95. The number of benzene rings is 1. The van der Waals surface area contributed by atoms with E-state index in [2.05, 4.69) is 4.98 Å². The second-order valence-electron chi connectivity index (χ2n) is 6.83. The summed E-state index contributed by atoms with van der Waals surface area (Å²) < 4.78 is 0. The number of aromatic nitrogens is 1. The summed E-state index contributed by atoms with van der Waals surface area (Å²) in [6.07, 6.45) is 1.95. The molecule has 1 fully saturated rings. The molecule has 144 valence electrons. The number of rotatable bonds is 4. The number of carbonyl (C=O) groups is 3. The van der Waals surface area contributed by atoms with Crippen LogP contribution in [-0.4, -0.2) is 63.4 Å². The number of nitrogens with one attached hydrogen (secondary N) is 1. The van der Waals surface area contributed by atoms with Crippen LogP contribution in [0.4, 0.5) is 0 Å². The molecule has 1 atom stereocenters. The van der Waals surface area contributed by atoms with Gasteiger partial charge < -0.3 is 19.9 Å². The molecule has 1 aromatic heterocycles. The molecule has 1 aliphatic heterocycles. The molecule has 1 unspecified atom stereocenters. The Hall–Kier alpha value is -2.54. The van der Waals surface area contributed by atoms with Gasteiger partial charge in [-0.3, -0.25) is 14.4 Å². The van der Waals surface area contributed by atoms with Crippen molar-refractivity contribution in [2.45, 2.75) is 32.2 Å². The van der Waals surface area contributed by atoms with Crippen LogP contribution in [0.1, 0.15) is 36.7 Å². The Balaban J connectivity index is 1.71. The molecule has 0 saturated carbocycles. The predicted octanol–water partition coefficient (Wildman–Crippen LogP) is 2.75. The fraction of sp³-hybridized carbons (Fsp3) is 0.421. The Morgan fingerprint density at radius 1 is 1.26 bits per heavy atom. The van der Waals surface area contributed by atoms with Crippen LogP contribution < -0.4 is 0 Å². The van der Waals surface area contributed by atoms with Gasteiger partial charge in [0.25, 0.3) is 5.91 Å². The Bertz CT molecular complexity index is 879. The van der Waals surface area contributed by atoms with E-state index in [1.807, 2.05) is 12.1 Å². The number of carboxylic acids is 1. The maximum Gasteiger partial charge on any atom is 0.323 e. The number of aromatic amines is 1. The van der Waals surface area contributed by atoms with Crippen LogP contribution in [0.3, 0.4) is 0 Å². The molecule has 0 aliphatic carbocycles. The van der Waals surface area contributed by atoms with E-state index >= 15 is 0 Å². The second kappa shape index (κ2) is 8.00. The van der Waals surface area contributed by atoms with Crippen molar-refractivity contribution in [3.05, 3.63) is 35.0 Å². The van der Waals surface area contributed by atoms with Crippen LogP contribution in [0.2, 0.25) is 5.02 Å². The average molecular weight is 392 g/mol. The van der Waals surface area contributed by atoms with Crippen molar-refractivity contribution >= 4 is 40.3 Å². The standard InChI is InChI=1S/C19H22ClN3O4/c1-12(24)23(11-18(25)26)15-3-2-7-22(8-6-15)19(27)17-9-13-4-5-14(20)10-16(13)21-17/h4-5,9-10,15,21H,2-3,6-8,11H2,1H3,(H,25,26). The van der Waals surface area contributed by atoms with Crippen molar-refractivity contribution in [3.63, 3.8) is 0 Å². The zero-order valence-corrected chi connectivity index (χ0v) is 15.8. The van der Waals surface area contributed by atoms with E-state index in [1.54, 1.807) is 17.0 Å². The van der Waals surface area contributed by atoms with E-state index in [1.165, 1.54) is 11.8 Å². The highest BCUT2D eigenvalue weighted by Crippen LogP contribution is 2.23. The minimum Gasteiger partial charge on any atom is -0.480 e. The number of likely N-dealkylation sites (tertiary alicyclic amines) is 1. The van der Waals surface area contributed by atoms with Gasteiger partial charge in [0.1, 0.15) is 12.2 Å². The third-order valence-corrected chi connectivity index (χ3v) is 5.19. The summed E-state index contributed by atoms with van der Waals surface area (Å²) in [5.41, 5.74) is 1.31. The summed E-state index contributed by atoms with van der Waals surface area (Å²) >= 11 is 6.00. The molecule has 0 radical (unpaired) electrons. The van der Waals surface area contributed by atoms with Crippen LogP contribution in [0.25, 0.3) is 10.9 Å². The zero-order chi connectivity index (χ0) is 19.6. The molecule has 1 saturated heterocycles. The molecule has 2 amide bonds. The van der Waals surface area contributed by atoms with E-state index in [-0.39, 0.29) is 24.4 Å². The first kappa shape index (κ1) is 19.2. The van der Waals surface area contributed by atoms with Gasteiger partial charge in [0.15, 0.2) is 0 Å². The van der Waals surface area contributed by atoms with Crippen molar-refractivity contribution in [2.24, 2.45) is 0 Å². The Morgan fingerprint density at radius 3 is 2.74 bits per heavy atom.